The highest BCUT2D eigenvalue weighted by Crippen LogP contribution is 2.36. The summed E-state index contributed by atoms with van der Waals surface area (Å²) in [7, 11) is 0. The summed E-state index contributed by atoms with van der Waals surface area (Å²) in [6, 6.07) is 13.2. The molecule has 2 fully saturated rings. The Balaban J connectivity index is 1.54. The van der Waals surface area contributed by atoms with Crippen molar-refractivity contribution >= 4 is 23.4 Å². The Morgan fingerprint density at radius 3 is 2.36 bits per heavy atom. The predicted molar refractivity (Wildman–Crippen MR) is 126 cm³/mol. The molecule has 2 aliphatic rings. The molecule has 2 aliphatic heterocycles. The number of rotatable bonds is 6. The van der Waals surface area contributed by atoms with Crippen molar-refractivity contribution < 1.29 is 18.7 Å². The second-order valence-corrected chi connectivity index (χ2v) is 9.61. The van der Waals surface area contributed by atoms with E-state index in [4.69, 9.17) is 16.3 Å². The first-order chi connectivity index (χ1) is 16.0. The first-order valence-corrected chi connectivity index (χ1v) is 12.0. The maximum atomic E-state index is 14.3. The lowest BCUT2D eigenvalue weighted by Gasteiger charge is -2.43. The molecule has 4 rings (SSSR count). The average molecular weight is 473 g/mol. The highest BCUT2D eigenvalue weighted by Gasteiger charge is 2.41. The largest absolute Gasteiger partial charge is 0.493 e. The fourth-order valence-electron chi connectivity index (χ4n) is 4.84. The zero-order chi connectivity index (χ0) is 23.3. The van der Waals surface area contributed by atoms with Crippen molar-refractivity contribution in [3.63, 3.8) is 0 Å². The maximum absolute atomic E-state index is 14.3. The molecule has 1 atom stereocenters. The summed E-state index contributed by atoms with van der Waals surface area (Å²) in [6.07, 6.45) is 5.01. The third-order valence-corrected chi connectivity index (χ3v) is 6.90. The Kier molecular flexibility index (Phi) is 7.53. The summed E-state index contributed by atoms with van der Waals surface area (Å²) in [5, 5.41) is 0.622. The van der Waals surface area contributed by atoms with Crippen molar-refractivity contribution in [2.45, 2.75) is 38.5 Å². The van der Waals surface area contributed by atoms with Crippen LogP contribution in [-0.4, -0.2) is 54.4 Å². The molecule has 2 amide bonds. The third-order valence-electron chi connectivity index (χ3n) is 6.65. The van der Waals surface area contributed by atoms with E-state index in [1.807, 2.05) is 4.90 Å². The minimum Gasteiger partial charge on any atom is -0.493 e. The van der Waals surface area contributed by atoms with Crippen LogP contribution in [0.2, 0.25) is 5.02 Å². The van der Waals surface area contributed by atoms with Crippen molar-refractivity contribution in [2.75, 3.05) is 32.8 Å². The molecule has 2 heterocycles. The van der Waals surface area contributed by atoms with Crippen LogP contribution in [0.3, 0.4) is 0 Å². The van der Waals surface area contributed by atoms with E-state index in [2.05, 4.69) is 0 Å². The van der Waals surface area contributed by atoms with Crippen LogP contribution < -0.4 is 4.74 Å². The van der Waals surface area contributed by atoms with Crippen LogP contribution in [-0.2, 0) is 4.79 Å². The van der Waals surface area contributed by atoms with Crippen molar-refractivity contribution in [3.05, 3.63) is 64.9 Å². The molecule has 0 aliphatic carbocycles. The van der Waals surface area contributed by atoms with E-state index in [0.717, 1.165) is 45.2 Å². The van der Waals surface area contributed by atoms with E-state index in [1.54, 1.807) is 41.3 Å². The molecule has 2 aromatic carbocycles. The van der Waals surface area contributed by atoms with Gasteiger partial charge in [0.15, 0.2) is 0 Å². The SMILES string of the molecule is O=C(C[C@@]1(COc2ccc(Cl)cc2)CCCN(C(=O)c2ccccc2F)C1)N1CCCCC1. The zero-order valence-electron chi connectivity index (χ0n) is 18.8. The van der Waals surface area contributed by atoms with Gasteiger partial charge in [-0.15, -0.1) is 0 Å². The van der Waals surface area contributed by atoms with Gasteiger partial charge in [-0.1, -0.05) is 23.7 Å². The molecule has 5 nitrogen and oxygen atoms in total. The van der Waals surface area contributed by atoms with Gasteiger partial charge in [-0.25, -0.2) is 4.39 Å². The van der Waals surface area contributed by atoms with E-state index in [-0.39, 0.29) is 17.4 Å². The molecule has 0 spiro atoms. The molecule has 7 heteroatoms. The Morgan fingerprint density at radius 1 is 0.939 bits per heavy atom. The standard InChI is InChI=1S/C26H30ClFN2O3/c27-20-9-11-21(12-10-20)33-19-26(17-24(31)29-14-4-1-5-15-29)13-6-16-30(18-26)25(32)22-7-2-3-8-23(22)28/h2-3,7-12H,1,4-6,13-19H2/t26-/m0/s1. The average Bonchev–Trinajstić information content (AvgIpc) is 2.84. The Morgan fingerprint density at radius 2 is 1.64 bits per heavy atom. The number of hydrogen-bond donors (Lipinski definition) is 0. The molecule has 2 saturated heterocycles. The van der Waals surface area contributed by atoms with E-state index < -0.39 is 11.2 Å². The molecule has 176 valence electrons. The van der Waals surface area contributed by atoms with Gasteiger partial charge in [0.25, 0.3) is 5.91 Å². The summed E-state index contributed by atoms with van der Waals surface area (Å²) in [6.45, 7) is 2.76. The number of amides is 2. The molecular formula is C26H30ClFN2O3. The Labute approximate surface area is 199 Å². The summed E-state index contributed by atoms with van der Waals surface area (Å²) in [5.74, 6) is -0.0917. The van der Waals surface area contributed by atoms with Crippen LogP contribution in [0.5, 0.6) is 5.75 Å². The van der Waals surface area contributed by atoms with Gasteiger partial charge in [-0.3, -0.25) is 9.59 Å². The minimum absolute atomic E-state index is 0.0641. The van der Waals surface area contributed by atoms with Crippen LogP contribution in [0, 0.1) is 11.2 Å². The number of benzene rings is 2. The van der Waals surface area contributed by atoms with Gasteiger partial charge in [0.2, 0.25) is 5.91 Å². The maximum Gasteiger partial charge on any atom is 0.256 e. The fourth-order valence-corrected chi connectivity index (χ4v) is 4.97. The van der Waals surface area contributed by atoms with Crippen LogP contribution in [0.15, 0.2) is 48.5 Å². The predicted octanol–water partition coefficient (Wildman–Crippen LogP) is 5.18. The van der Waals surface area contributed by atoms with Crippen molar-refractivity contribution in [2.24, 2.45) is 5.41 Å². The molecule has 2 aromatic rings. The number of carbonyl (C=O) groups is 2. The molecule has 0 unspecified atom stereocenters. The zero-order valence-corrected chi connectivity index (χ0v) is 19.5. The van der Waals surface area contributed by atoms with E-state index in [1.165, 1.54) is 12.1 Å². The lowest BCUT2D eigenvalue weighted by atomic mass is 9.77. The summed E-state index contributed by atoms with van der Waals surface area (Å²) < 4.78 is 20.4. The van der Waals surface area contributed by atoms with E-state index >= 15 is 0 Å². The first kappa shape index (κ1) is 23.6. The molecule has 33 heavy (non-hydrogen) atoms. The van der Waals surface area contributed by atoms with E-state index in [0.29, 0.717) is 36.9 Å². The van der Waals surface area contributed by atoms with Gasteiger partial charge in [0.05, 0.1) is 12.2 Å². The lowest BCUT2D eigenvalue weighted by molar-refractivity contribution is -0.136. The molecule has 0 N–H and O–H groups in total. The molecule has 0 aromatic heterocycles. The topological polar surface area (TPSA) is 49.9 Å². The van der Waals surface area contributed by atoms with Crippen LogP contribution >= 0.6 is 11.6 Å². The number of nitrogens with zero attached hydrogens (tertiary/aromatic N) is 2. The van der Waals surface area contributed by atoms with Crippen LogP contribution in [0.4, 0.5) is 4.39 Å². The Hall–Kier alpha value is -2.60. The summed E-state index contributed by atoms with van der Waals surface area (Å²) in [5.41, 5.74) is -0.470. The van der Waals surface area contributed by atoms with Crippen molar-refractivity contribution in [3.8, 4) is 5.75 Å². The normalized spacial score (nSPS) is 21.0. The molecule has 0 radical (unpaired) electrons. The number of likely N-dealkylation sites (tertiary alicyclic amines) is 2. The fraction of sp³-hybridized carbons (Fsp3) is 0.462. The quantitative estimate of drug-likeness (QED) is 0.581. The monoisotopic (exact) mass is 472 g/mol. The lowest BCUT2D eigenvalue weighted by Crippen LogP contribution is -2.51. The number of hydrogen-bond acceptors (Lipinski definition) is 3. The van der Waals surface area contributed by atoms with Gasteiger partial charge in [-0.05, 0) is 68.5 Å². The second-order valence-electron chi connectivity index (χ2n) is 9.17. The van der Waals surface area contributed by atoms with Crippen LogP contribution in [0.25, 0.3) is 0 Å². The Bertz CT molecular complexity index is 978. The smallest absolute Gasteiger partial charge is 0.256 e. The summed E-state index contributed by atoms with van der Waals surface area (Å²) >= 11 is 5.99. The number of halogens is 2. The van der Waals surface area contributed by atoms with Crippen molar-refractivity contribution in [1.82, 2.24) is 9.80 Å². The number of ether oxygens (including phenoxy) is 1. The van der Waals surface area contributed by atoms with Gasteiger partial charge in [-0.2, -0.15) is 0 Å². The van der Waals surface area contributed by atoms with Gasteiger partial charge in [0.1, 0.15) is 11.6 Å². The molecular weight excluding hydrogens is 443 g/mol. The molecule has 0 saturated carbocycles. The minimum atomic E-state index is -0.534. The first-order valence-electron chi connectivity index (χ1n) is 11.7. The third kappa shape index (κ3) is 5.85. The van der Waals surface area contributed by atoms with Gasteiger partial charge >= 0.3 is 0 Å². The van der Waals surface area contributed by atoms with Gasteiger partial charge < -0.3 is 14.5 Å². The van der Waals surface area contributed by atoms with Crippen LogP contribution in [0.1, 0.15) is 48.9 Å². The molecule has 0 bridgehead atoms. The number of piperidine rings is 2. The second kappa shape index (κ2) is 10.6. The highest BCUT2D eigenvalue weighted by molar-refractivity contribution is 6.30. The summed E-state index contributed by atoms with van der Waals surface area (Å²) in [4.78, 5) is 30.0. The number of carbonyl (C=O) groups excluding carboxylic acids is 2. The van der Waals surface area contributed by atoms with Gasteiger partial charge in [0, 0.05) is 43.0 Å². The van der Waals surface area contributed by atoms with Crippen molar-refractivity contribution in [1.29, 1.82) is 0 Å². The van der Waals surface area contributed by atoms with E-state index in [9.17, 15) is 14.0 Å². The highest BCUT2D eigenvalue weighted by atomic mass is 35.5.